The highest BCUT2D eigenvalue weighted by Crippen LogP contribution is 2.34. The Morgan fingerprint density at radius 2 is 0.971 bits per heavy atom. The van der Waals surface area contributed by atoms with Gasteiger partial charge in [-0.2, -0.15) is 0 Å². The SMILES string of the molecule is CCCCC[Si](C)(C)O[Si](C)(C)OC(C)(CCC[Si](OC)(OC)OC)CCC[Si](OC)(OC)OC. The van der Waals surface area contributed by atoms with Crippen LogP contribution in [-0.2, 0) is 35.1 Å². The molecule has 0 aliphatic carbocycles. The molecule has 0 unspecified atom stereocenters. The smallest absolute Gasteiger partial charge is 0.436 e. The topological polar surface area (TPSA) is 73.8 Å². The zero-order valence-electron chi connectivity index (χ0n) is 24.8. The highest BCUT2D eigenvalue weighted by atomic mass is 28.4. The Hall–Kier alpha value is 0.548. The van der Waals surface area contributed by atoms with Crippen LogP contribution in [0, 0.1) is 0 Å². The van der Waals surface area contributed by atoms with Gasteiger partial charge in [0.05, 0.1) is 5.60 Å². The molecule has 0 amide bonds. The van der Waals surface area contributed by atoms with Crippen LogP contribution in [0.4, 0.5) is 0 Å². The van der Waals surface area contributed by atoms with E-state index in [1.807, 2.05) is 0 Å². The molecule has 0 aromatic rings. The Morgan fingerprint density at radius 1 is 0.571 bits per heavy atom. The van der Waals surface area contributed by atoms with Gasteiger partial charge in [0.2, 0.25) is 0 Å². The van der Waals surface area contributed by atoms with Crippen molar-refractivity contribution in [3.05, 3.63) is 0 Å². The largest absolute Gasteiger partial charge is 0.500 e. The fourth-order valence-electron chi connectivity index (χ4n) is 4.83. The molecule has 0 N–H and O–H groups in total. The van der Waals surface area contributed by atoms with Crippen molar-refractivity contribution in [1.82, 2.24) is 0 Å². The van der Waals surface area contributed by atoms with Crippen LogP contribution in [0.3, 0.4) is 0 Å². The van der Waals surface area contributed by atoms with Crippen LogP contribution in [0.2, 0.25) is 44.3 Å². The second-order valence-electron chi connectivity index (χ2n) is 10.6. The van der Waals surface area contributed by atoms with E-state index in [0.717, 1.165) is 37.8 Å². The number of hydrogen-bond acceptors (Lipinski definition) is 8. The van der Waals surface area contributed by atoms with Gasteiger partial charge in [-0.3, -0.25) is 0 Å². The fourth-order valence-corrected chi connectivity index (χ4v) is 16.7. The zero-order valence-corrected chi connectivity index (χ0v) is 28.8. The summed E-state index contributed by atoms with van der Waals surface area (Å²) in [4.78, 5) is 0. The Balaban J connectivity index is 5.48. The molecule has 0 bridgehead atoms. The van der Waals surface area contributed by atoms with Crippen LogP contribution in [0.1, 0.15) is 58.8 Å². The summed E-state index contributed by atoms with van der Waals surface area (Å²) in [7, 11) is 0.520. The minimum Gasteiger partial charge on any atom is -0.436 e. The molecule has 8 nitrogen and oxygen atoms in total. The maximum Gasteiger partial charge on any atom is 0.500 e. The number of hydrogen-bond donors (Lipinski definition) is 0. The molecule has 0 aromatic heterocycles. The average molecular weight is 573 g/mol. The van der Waals surface area contributed by atoms with Gasteiger partial charge in [0, 0.05) is 54.7 Å². The molecule has 0 spiro atoms. The van der Waals surface area contributed by atoms with Crippen LogP contribution in [0.5, 0.6) is 0 Å². The third-order valence-electron chi connectivity index (χ3n) is 6.64. The van der Waals surface area contributed by atoms with Crippen LogP contribution < -0.4 is 0 Å². The molecule has 0 rings (SSSR count). The van der Waals surface area contributed by atoms with Crippen molar-refractivity contribution in [3.8, 4) is 0 Å². The molecule has 0 saturated carbocycles. The van der Waals surface area contributed by atoms with Crippen molar-refractivity contribution >= 4 is 34.5 Å². The molecule has 0 aliphatic heterocycles. The van der Waals surface area contributed by atoms with Crippen LogP contribution >= 0.6 is 0 Å². The first-order valence-electron chi connectivity index (χ1n) is 13.0. The highest BCUT2D eigenvalue weighted by Gasteiger charge is 2.43. The maximum atomic E-state index is 6.94. The summed E-state index contributed by atoms with van der Waals surface area (Å²) >= 11 is 0. The van der Waals surface area contributed by atoms with Crippen molar-refractivity contribution in [2.75, 3.05) is 42.7 Å². The minimum absolute atomic E-state index is 0.353. The van der Waals surface area contributed by atoms with E-state index in [9.17, 15) is 0 Å². The van der Waals surface area contributed by atoms with Crippen molar-refractivity contribution < 1.29 is 35.1 Å². The monoisotopic (exact) mass is 572 g/mol. The summed E-state index contributed by atoms with van der Waals surface area (Å²) in [6.07, 6.45) is 7.18. The lowest BCUT2D eigenvalue weighted by Gasteiger charge is -2.41. The quantitative estimate of drug-likeness (QED) is 0.112. The summed E-state index contributed by atoms with van der Waals surface area (Å²) in [6.45, 7) is 13.5. The maximum absolute atomic E-state index is 6.94. The van der Waals surface area contributed by atoms with E-state index in [1.165, 1.54) is 25.3 Å². The van der Waals surface area contributed by atoms with Crippen molar-refractivity contribution in [2.45, 2.75) is 109 Å². The Kier molecular flexibility index (Phi) is 16.8. The van der Waals surface area contributed by atoms with E-state index in [4.69, 9.17) is 35.1 Å². The normalized spacial score (nSPS) is 14.1. The molecule has 0 aromatic carbocycles. The van der Waals surface area contributed by atoms with E-state index >= 15 is 0 Å². The van der Waals surface area contributed by atoms with Gasteiger partial charge in [-0.25, -0.2) is 0 Å². The lowest BCUT2D eigenvalue weighted by atomic mass is 9.95. The van der Waals surface area contributed by atoms with E-state index in [0.29, 0.717) is 0 Å². The second-order valence-corrected chi connectivity index (χ2v) is 24.6. The first-order valence-corrected chi connectivity index (χ1v) is 22.8. The van der Waals surface area contributed by atoms with E-state index in [2.05, 4.69) is 40.0 Å². The van der Waals surface area contributed by atoms with Gasteiger partial charge in [-0.1, -0.05) is 26.2 Å². The minimum atomic E-state index is -2.63. The van der Waals surface area contributed by atoms with E-state index in [1.54, 1.807) is 42.7 Å². The van der Waals surface area contributed by atoms with Gasteiger partial charge in [0.15, 0.2) is 8.32 Å². The Bertz CT molecular complexity index is 515. The third kappa shape index (κ3) is 13.3. The van der Waals surface area contributed by atoms with Gasteiger partial charge in [-0.15, -0.1) is 0 Å². The molecular weight excluding hydrogens is 517 g/mol. The van der Waals surface area contributed by atoms with Crippen LogP contribution in [0.25, 0.3) is 0 Å². The average Bonchev–Trinajstić information content (AvgIpc) is 2.79. The van der Waals surface area contributed by atoms with Gasteiger partial charge in [0.25, 0.3) is 0 Å². The second kappa shape index (κ2) is 16.5. The molecule has 35 heavy (non-hydrogen) atoms. The summed E-state index contributed by atoms with van der Waals surface area (Å²) < 4.78 is 47.5. The van der Waals surface area contributed by atoms with Crippen molar-refractivity contribution in [3.63, 3.8) is 0 Å². The van der Waals surface area contributed by atoms with Crippen molar-refractivity contribution in [1.29, 1.82) is 0 Å². The summed E-state index contributed by atoms with van der Waals surface area (Å²) in [5.74, 6) is 0. The molecule has 212 valence electrons. The first kappa shape index (κ1) is 35.5. The fraction of sp³-hybridized carbons (Fsp3) is 1.00. The summed E-state index contributed by atoms with van der Waals surface area (Å²) in [6, 6.07) is 2.65. The number of rotatable bonds is 22. The van der Waals surface area contributed by atoms with Crippen LogP contribution in [-0.4, -0.2) is 82.7 Å². The molecule has 0 radical (unpaired) electrons. The molecule has 0 heterocycles. The van der Waals surface area contributed by atoms with Gasteiger partial charge < -0.3 is 35.1 Å². The van der Waals surface area contributed by atoms with Gasteiger partial charge in [-0.05, 0) is 64.8 Å². The molecule has 0 atom stereocenters. The Labute approximate surface area is 220 Å². The summed E-state index contributed by atoms with van der Waals surface area (Å²) in [5, 5.41) is 0. The summed E-state index contributed by atoms with van der Waals surface area (Å²) in [5.41, 5.74) is -0.353. The Morgan fingerprint density at radius 3 is 1.31 bits per heavy atom. The lowest BCUT2D eigenvalue weighted by Crippen LogP contribution is -2.52. The molecule has 0 saturated heterocycles. The predicted molar refractivity (Wildman–Crippen MR) is 152 cm³/mol. The molecule has 0 fully saturated rings. The van der Waals surface area contributed by atoms with Gasteiger partial charge in [0.1, 0.15) is 0 Å². The highest BCUT2D eigenvalue weighted by molar-refractivity contribution is 6.82. The number of unbranched alkanes of at least 4 members (excludes halogenated alkanes) is 2. The lowest BCUT2D eigenvalue weighted by molar-refractivity contribution is 0.0349. The molecule has 0 aliphatic rings. The van der Waals surface area contributed by atoms with Gasteiger partial charge >= 0.3 is 26.2 Å². The molecule has 12 heteroatoms. The van der Waals surface area contributed by atoms with Crippen LogP contribution in [0.15, 0.2) is 0 Å². The van der Waals surface area contributed by atoms with E-state index in [-0.39, 0.29) is 5.60 Å². The first-order chi connectivity index (χ1) is 16.3. The zero-order chi connectivity index (χ0) is 27.2. The standard InChI is InChI=1S/C23H56O8Si4/c1-13-14-15-20-32(9,10)31-33(11,12)30-23(2,18-16-21-34(24-3,25-4)26-5)19-17-22-35(27-6,28-7)29-8/h13-22H2,1-12H3. The third-order valence-corrected chi connectivity index (χ3v) is 19.0. The van der Waals surface area contributed by atoms with E-state index < -0.39 is 34.5 Å². The predicted octanol–water partition coefficient (Wildman–Crippen LogP) is 6.19. The van der Waals surface area contributed by atoms with Crippen molar-refractivity contribution in [2.24, 2.45) is 0 Å². The molecular formula is C23H56O8Si4.